The van der Waals surface area contributed by atoms with Crippen LogP contribution in [0.15, 0.2) is 60.7 Å². The molecule has 3 aromatic carbocycles. The van der Waals surface area contributed by atoms with E-state index in [1.54, 1.807) is 18.2 Å². The minimum Gasteiger partial charge on any atom is -0.206 e. The molecule has 0 heterocycles. The maximum Gasteiger partial charge on any atom is 0.135 e. The molecule has 0 aliphatic carbocycles. The molecule has 0 spiro atoms. The third kappa shape index (κ3) is 3.44. The summed E-state index contributed by atoms with van der Waals surface area (Å²) in [6.07, 6.45) is 2.07. The van der Waals surface area contributed by atoms with E-state index >= 15 is 0 Å². The van der Waals surface area contributed by atoms with Crippen LogP contribution in [-0.2, 0) is 6.42 Å². The fourth-order valence-corrected chi connectivity index (χ4v) is 2.99. The molecule has 3 aromatic rings. The van der Waals surface area contributed by atoms with Crippen LogP contribution in [0.3, 0.4) is 0 Å². The van der Waals surface area contributed by atoms with Gasteiger partial charge in [0.15, 0.2) is 0 Å². The average molecular weight is 333 g/mol. The van der Waals surface area contributed by atoms with Gasteiger partial charge in [0.05, 0.1) is 17.2 Å². The molecule has 0 bridgehead atoms. The largest absolute Gasteiger partial charge is 0.206 e. The SMILES string of the molecule is CCCc1ccc(-c2ccccc2-c2c(F)cc(C#N)cc2F)cc1. The van der Waals surface area contributed by atoms with Gasteiger partial charge in [0.2, 0.25) is 0 Å². The van der Waals surface area contributed by atoms with Crippen LogP contribution >= 0.6 is 0 Å². The van der Waals surface area contributed by atoms with Crippen molar-refractivity contribution in [3.63, 3.8) is 0 Å². The summed E-state index contributed by atoms with van der Waals surface area (Å²) in [7, 11) is 0. The lowest BCUT2D eigenvalue weighted by atomic mass is 9.92. The first-order chi connectivity index (χ1) is 12.1. The maximum absolute atomic E-state index is 14.5. The van der Waals surface area contributed by atoms with Crippen LogP contribution in [0.1, 0.15) is 24.5 Å². The molecule has 0 saturated heterocycles. The van der Waals surface area contributed by atoms with Crippen molar-refractivity contribution in [3.8, 4) is 28.3 Å². The van der Waals surface area contributed by atoms with Crippen LogP contribution in [-0.4, -0.2) is 0 Å². The lowest BCUT2D eigenvalue weighted by Gasteiger charge is -2.12. The Hall–Kier alpha value is -2.99. The van der Waals surface area contributed by atoms with Crippen molar-refractivity contribution in [2.75, 3.05) is 0 Å². The summed E-state index contributed by atoms with van der Waals surface area (Å²) in [4.78, 5) is 0. The van der Waals surface area contributed by atoms with Gasteiger partial charge in [0, 0.05) is 0 Å². The van der Waals surface area contributed by atoms with Crippen molar-refractivity contribution < 1.29 is 8.78 Å². The third-order valence-corrected chi connectivity index (χ3v) is 4.17. The molecule has 25 heavy (non-hydrogen) atoms. The van der Waals surface area contributed by atoms with E-state index in [0.29, 0.717) is 5.56 Å². The Bertz CT molecular complexity index is 914. The molecular formula is C22H17F2N. The number of hydrogen-bond acceptors (Lipinski definition) is 1. The first-order valence-electron chi connectivity index (χ1n) is 8.22. The lowest BCUT2D eigenvalue weighted by molar-refractivity contribution is 0.589. The second-order valence-electron chi connectivity index (χ2n) is 5.92. The van der Waals surface area contributed by atoms with E-state index in [1.807, 2.05) is 36.4 Å². The van der Waals surface area contributed by atoms with E-state index in [1.165, 1.54) is 5.56 Å². The molecule has 0 unspecified atom stereocenters. The maximum atomic E-state index is 14.5. The van der Waals surface area contributed by atoms with Crippen LogP contribution in [0.2, 0.25) is 0 Å². The van der Waals surface area contributed by atoms with E-state index in [2.05, 4.69) is 6.92 Å². The zero-order valence-corrected chi connectivity index (χ0v) is 13.9. The zero-order chi connectivity index (χ0) is 17.8. The van der Waals surface area contributed by atoms with Crippen molar-refractivity contribution in [3.05, 3.63) is 83.4 Å². The van der Waals surface area contributed by atoms with E-state index < -0.39 is 11.6 Å². The number of halogens is 2. The molecule has 0 radical (unpaired) electrons. The molecule has 0 N–H and O–H groups in total. The van der Waals surface area contributed by atoms with E-state index in [0.717, 1.165) is 36.1 Å². The topological polar surface area (TPSA) is 23.8 Å². The van der Waals surface area contributed by atoms with Crippen molar-refractivity contribution in [1.29, 1.82) is 5.26 Å². The highest BCUT2D eigenvalue weighted by atomic mass is 19.1. The summed E-state index contributed by atoms with van der Waals surface area (Å²) >= 11 is 0. The van der Waals surface area contributed by atoms with Gasteiger partial charge in [0.1, 0.15) is 11.6 Å². The predicted molar refractivity (Wildman–Crippen MR) is 95.9 cm³/mol. The van der Waals surface area contributed by atoms with Crippen LogP contribution in [0.4, 0.5) is 8.78 Å². The number of hydrogen-bond donors (Lipinski definition) is 0. The van der Waals surface area contributed by atoms with Gasteiger partial charge in [-0.3, -0.25) is 0 Å². The van der Waals surface area contributed by atoms with Gasteiger partial charge in [-0.1, -0.05) is 61.9 Å². The van der Waals surface area contributed by atoms with Crippen LogP contribution in [0, 0.1) is 23.0 Å². The van der Waals surface area contributed by atoms with Crippen molar-refractivity contribution in [2.45, 2.75) is 19.8 Å². The molecule has 0 aliphatic heterocycles. The zero-order valence-electron chi connectivity index (χ0n) is 13.9. The summed E-state index contributed by atoms with van der Waals surface area (Å²) in [6.45, 7) is 2.12. The molecule has 0 atom stereocenters. The van der Waals surface area contributed by atoms with Crippen molar-refractivity contribution in [1.82, 2.24) is 0 Å². The molecule has 0 saturated carbocycles. The Labute approximate surface area is 146 Å². The van der Waals surface area contributed by atoms with Gasteiger partial charge in [-0.25, -0.2) is 8.78 Å². The molecule has 3 heteroatoms. The average Bonchev–Trinajstić information content (AvgIpc) is 2.62. The second-order valence-corrected chi connectivity index (χ2v) is 5.92. The molecular weight excluding hydrogens is 316 g/mol. The number of aryl methyl sites for hydroxylation is 1. The highest BCUT2D eigenvalue weighted by molar-refractivity contribution is 5.84. The van der Waals surface area contributed by atoms with Gasteiger partial charge in [0.25, 0.3) is 0 Å². The van der Waals surface area contributed by atoms with Gasteiger partial charge in [-0.15, -0.1) is 0 Å². The molecule has 124 valence electrons. The fourth-order valence-electron chi connectivity index (χ4n) is 2.99. The summed E-state index contributed by atoms with van der Waals surface area (Å²) < 4.78 is 28.9. The minimum absolute atomic E-state index is 0.0276. The molecule has 0 amide bonds. The Balaban J connectivity index is 2.13. The third-order valence-electron chi connectivity index (χ3n) is 4.17. The summed E-state index contributed by atoms with van der Waals surface area (Å²) in [5.41, 5.74) is 3.24. The molecule has 1 nitrogen and oxygen atoms in total. The van der Waals surface area contributed by atoms with E-state index in [4.69, 9.17) is 5.26 Å². The molecule has 3 rings (SSSR count). The van der Waals surface area contributed by atoms with Gasteiger partial charge < -0.3 is 0 Å². The quantitative estimate of drug-likeness (QED) is 0.564. The summed E-state index contributed by atoms with van der Waals surface area (Å²) in [5.74, 6) is -1.46. The number of nitriles is 1. The number of rotatable bonds is 4. The Kier molecular flexibility index (Phi) is 4.90. The highest BCUT2D eigenvalue weighted by Crippen LogP contribution is 2.35. The number of benzene rings is 3. The molecule has 0 aromatic heterocycles. The van der Waals surface area contributed by atoms with E-state index in [9.17, 15) is 8.78 Å². The highest BCUT2D eigenvalue weighted by Gasteiger charge is 2.17. The molecule has 0 aliphatic rings. The summed E-state index contributed by atoms with van der Waals surface area (Å²) in [5, 5.41) is 8.87. The first-order valence-corrected chi connectivity index (χ1v) is 8.22. The van der Waals surface area contributed by atoms with E-state index in [-0.39, 0.29) is 11.1 Å². The standard InChI is InChI=1S/C22H17F2N/c1-2-5-15-8-10-17(11-9-15)18-6-3-4-7-19(18)22-20(23)12-16(14-25)13-21(22)24/h3-4,6-13H,2,5H2,1H3. The Morgan fingerprint density at radius 3 is 2.04 bits per heavy atom. The second kappa shape index (κ2) is 7.27. The van der Waals surface area contributed by atoms with Crippen LogP contribution in [0.5, 0.6) is 0 Å². The fraction of sp³-hybridized carbons (Fsp3) is 0.136. The van der Waals surface area contributed by atoms with Gasteiger partial charge in [-0.2, -0.15) is 5.26 Å². The minimum atomic E-state index is -0.730. The summed E-state index contributed by atoms with van der Waals surface area (Å²) in [6, 6.07) is 19.1. The lowest BCUT2D eigenvalue weighted by Crippen LogP contribution is -1.95. The number of nitrogens with zero attached hydrogens (tertiary/aromatic N) is 1. The van der Waals surface area contributed by atoms with Crippen molar-refractivity contribution in [2.24, 2.45) is 0 Å². The Morgan fingerprint density at radius 1 is 0.880 bits per heavy atom. The Morgan fingerprint density at radius 2 is 1.48 bits per heavy atom. The predicted octanol–water partition coefficient (Wildman–Crippen LogP) is 6.12. The first kappa shape index (κ1) is 16.9. The van der Waals surface area contributed by atoms with Gasteiger partial charge >= 0.3 is 0 Å². The van der Waals surface area contributed by atoms with Crippen LogP contribution < -0.4 is 0 Å². The molecule has 0 fully saturated rings. The van der Waals surface area contributed by atoms with Gasteiger partial charge in [-0.05, 0) is 40.8 Å². The normalized spacial score (nSPS) is 10.5. The van der Waals surface area contributed by atoms with Crippen molar-refractivity contribution >= 4 is 0 Å². The monoisotopic (exact) mass is 333 g/mol. The van der Waals surface area contributed by atoms with Crippen LogP contribution in [0.25, 0.3) is 22.3 Å². The smallest absolute Gasteiger partial charge is 0.135 e.